The van der Waals surface area contributed by atoms with Crippen LogP contribution in [-0.4, -0.2) is 31.6 Å². The van der Waals surface area contributed by atoms with Crippen molar-refractivity contribution < 1.29 is 4.39 Å². The number of rotatable bonds is 9. The monoisotopic (exact) mass is 266 g/mol. The molecule has 1 atom stereocenters. The predicted molar refractivity (Wildman–Crippen MR) is 79.8 cm³/mol. The highest BCUT2D eigenvalue weighted by Gasteiger charge is 2.12. The zero-order valence-corrected chi connectivity index (χ0v) is 12.5. The Balaban J connectivity index is 2.56. The summed E-state index contributed by atoms with van der Waals surface area (Å²) in [4.78, 5) is 2.49. The van der Waals surface area contributed by atoms with Gasteiger partial charge in [-0.15, -0.1) is 0 Å². The summed E-state index contributed by atoms with van der Waals surface area (Å²) in [6.07, 6.45) is 3.38. The van der Waals surface area contributed by atoms with Gasteiger partial charge in [0.25, 0.3) is 0 Å². The van der Waals surface area contributed by atoms with Crippen LogP contribution in [0.4, 0.5) is 4.39 Å². The zero-order chi connectivity index (χ0) is 14.1. The molecule has 0 saturated carbocycles. The van der Waals surface area contributed by atoms with E-state index in [1.807, 2.05) is 13.1 Å². The first-order chi connectivity index (χ1) is 9.21. The number of hydrogen-bond acceptors (Lipinski definition) is 2. The first kappa shape index (κ1) is 16.1. The molecule has 0 aliphatic carbocycles. The summed E-state index contributed by atoms with van der Waals surface area (Å²) in [5.74, 6) is -0.156. The second kappa shape index (κ2) is 9.05. The Morgan fingerprint density at radius 2 is 1.84 bits per heavy atom. The van der Waals surface area contributed by atoms with Gasteiger partial charge in [0.15, 0.2) is 0 Å². The van der Waals surface area contributed by atoms with Gasteiger partial charge in [0, 0.05) is 6.04 Å². The second-order valence-corrected chi connectivity index (χ2v) is 5.03. The summed E-state index contributed by atoms with van der Waals surface area (Å²) in [6, 6.07) is 7.13. The van der Waals surface area contributed by atoms with Gasteiger partial charge < -0.3 is 10.2 Å². The summed E-state index contributed by atoms with van der Waals surface area (Å²) < 4.78 is 13.3. The Labute approximate surface area is 117 Å². The molecule has 1 N–H and O–H groups in total. The van der Waals surface area contributed by atoms with Crippen LogP contribution in [0.15, 0.2) is 24.3 Å². The third-order valence-electron chi connectivity index (χ3n) is 3.41. The molecule has 108 valence electrons. The molecular weight excluding hydrogens is 239 g/mol. The van der Waals surface area contributed by atoms with E-state index in [0.717, 1.165) is 31.6 Å². The summed E-state index contributed by atoms with van der Waals surface area (Å²) in [5, 5.41) is 3.29. The maximum atomic E-state index is 13.3. The SMILES string of the molecule is CCCN(CCC)CCC(NC)c1cccc(F)c1. The molecule has 2 nitrogen and oxygen atoms in total. The largest absolute Gasteiger partial charge is 0.313 e. The van der Waals surface area contributed by atoms with Crippen molar-refractivity contribution in [2.75, 3.05) is 26.7 Å². The smallest absolute Gasteiger partial charge is 0.123 e. The van der Waals surface area contributed by atoms with E-state index in [1.54, 1.807) is 12.1 Å². The lowest BCUT2D eigenvalue weighted by Crippen LogP contribution is -2.30. The van der Waals surface area contributed by atoms with Crippen LogP contribution in [0.5, 0.6) is 0 Å². The summed E-state index contributed by atoms with van der Waals surface area (Å²) in [6.45, 7) is 7.78. The van der Waals surface area contributed by atoms with E-state index < -0.39 is 0 Å². The van der Waals surface area contributed by atoms with Gasteiger partial charge in [-0.1, -0.05) is 26.0 Å². The van der Waals surface area contributed by atoms with Gasteiger partial charge in [-0.3, -0.25) is 0 Å². The average molecular weight is 266 g/mol. The fourth-order valence-corrected chi connectivity index (χ4v) is 2.48. The first-order valence-electron chi connectivity index (χ1n) is 7.36. The van der Waals surface area contributed by atoms with Crippen molar-refractivity contribution in [2.45, 2.75) is 39.2 Å². The Bertz CT molecular complexity index is 348. The van der Waals surface area contributed by atoms with E-state index in [0.29, 0.717) is 0 Å². The molecule has 0 saturated heterocycles. The molecule has 0 bridgehead atoms. The third kappa shape index (κ3) is 5.70. The van der Waals surface area contributed by atoms with Crippen LogP contribution in [0, 0.1) is 5.82 Å². The van der Waals surface area contributed by atoms with E-state index in [-0.39, 0.29) is 11.9 Å². The molecule has 0 aliphatic heterocycles. The molecule has 0 radical (unpaired) electrons. The minimum absolute atomic E-state index is 0.156. The maximum Gasteiger partial charge on any atom is 0.123 e. The quantitative estimate of drug-likeness (QED) is 0.734. The molecule has 1 rings (SSSR count). The van der Waals surface area contributed by atoms with Crippen molar-refractivity contribution in [1.82, 2.24) is 10.2 Å². The summed E-state index contributed by atoms with van der Waals surface area (Å²) in [7, 11) is 1.94. The van der Waals surface area contributed by atoms with Crippen LogP contribution in [0.2, 0.25) is 0 Å². The minimum Gasteiger partial charge on any atom is -0.313 e. The molecule has 1 aromatic carbocycles. The van der Waals surface area contributed by atoms with Gasteiger partial charge >= 0.3 is 0 Å². The van der Waals surface area contributed by atoms with Gasteiger partial charge in [0.2, 0.25) is 0 Å². The molecule has 1 unspecified atom stereocenters. The van der Waals surface area contributed by atoms with Gasteiger partial charge in [-0.2, -0.15) is 0 Å². The van der Waals surface area contributed by atoms with Crippen molar-refractivity contribution in [3.05, 3.63) is 35.6 Å². The molecule has 0 amide bonds. The summed E-state index contributed by atoms with van der Waals surface area (Å²) in [5.41, 5.74) is 1.04. The van der Waals surface area contributed by atoms with Crippen LogP contribution >= 0.6 is 0 Å². The van der Waals surface area contributed by atoms with E-state index >= 15 is 0 Å². The molecule has 3 heteroatoms. The molecule has 0 fully saturated rings. The van der Waals surface area contributed by atoms with Crippen molar-refractivity contribution in [1.29, 1.82) is 0 Å². The predicted octanol–water partition coefficient (Wildman–Crippen LogP) is 3.60. The van der Waals surface area contributed by atoms with Crippen molar-refractivity contribution in [3.8, 4) is 0 Å². The highest BCUT2D eigenvalue weighted by Crippen LogP contribution is 2.18. The van der Waals surface area contributed by atoms with E-state index in [9.17, 15) is 4.39 Å². The average Bonchev–Trinajstić information content (AvgIpc) is 2.40. The van der Waals surface area contributed by atoms with E-state index in [4.69, 9.17) is 0 Å². The second-order valence-electron chi connectivity index (χ2n) is 5.03. The van der Waals surface area contributed by atoms with Crippen molar-refractivity contribution >= 4 is 0 Å². The Morgan fingerprint density at radius 3 is 2.37 bits per heavy atom. The first-order valence-corrected chi connectivity index (χ1v) is 7.36. The van der Waals surface area contributed by atoms with E-state index in [2.05, 4.69) is 24.1 Å². The van der Waals surface area contributed by atoms with Gasteiger partial charge in [-0.05, 0) is 63.6 Å². The maximum absolute atomic E-state index is 13.3. The Hall–Kier alpha value is -0.930. The van der Waals surface area contributed by atoms with E-state index in [1.165, 1.54) is 18.9 Å². The van der Waals surface area contributed by atoms with Crippen molar-refractivity contribution in [3.63, 3.8) is 0 Å². The molecular formula is C16H27FN2. The lowest BCUT2D eigenvalue weighted by atomic mass is 10.0. The Kier molecular flexibility index (Phi) is 7.68. The number of nitrogens with zero attached hydrogens (tertiary/aromatic N) is 1. The van der Waals surface area contributed by atoms with Gasteiger partial charge in [0.1, 0.15) is 5.82 Å². The number of benzene rings is 1. The molecule has 1 aromatic rings. The standard InChI is InChI=1S/C16H27FN2/c1-4-10-19(11-5-2)12-9-16(18-3)14-7-6-8-15(17)13-14/h6-8,13,16,18H,4-5,9-12H2,1-3H3. The Morgan fingerprint density at radius 1 is 1.16 bits per heavy atom. The fraction of sp³-hybridized carbons (Fsp3) is 0.625. The van der Waals surface area contributed by atoms with Crippen LogP contribution < -0.4 is 5.32 Å². The number of halogens is 1. The zero-order valence-electron chi connectivity index (χ0n) is 12.5. The molecule has 19 heavy (non-hydrogen) atoms. The van der Waals surface area contributed by atoms with Gasteiger partial charge in [0.05, 0.1) is 0 Å². The lowest BCUT2D eigenvalue weighted by molar-refractivity contribution is 0.259. The minimum atomic E-state index is -0.156. The fourth-order valence-electron chi connectivity index (χ4n) is 2.48. The normalized spacial score (nSPS) is 12.9. The van der Waals surface area contributed by atoms with Crippen LogP contribution in [-0.2, 0) is 0 Å². The summed E-state index contributed by atoms with van der Waals surface area (Å²) >= 11 is 0. The lowest BCUT2D eigenvalue weighted by Gasteiger charge is -2.24. The van der Waals surface area contributed by atoms with Crippen LogP contribution in [0.25, 0.3) is 0 Å². The number of nitrogens with one attached hydrogen (secondary N) is 1. The molecule has 0 aromatic heterocycles. The molecule has 0 heterocycles. The molecule has 0 aliphatic rings. The topological polar surface area (TPSA) is 15.3 Å². The van der Waals surface area contributed by atoms with Crippen molar-refractivity contribution in [2.24, 2.45) is 0 Å². The number of hydrogen-bond donors (Lipinski definition) is 1. The van der Waals surface area contributed by atoms with Gasteiger partial charge in [-0.25, -0.2) is 4.39 Å². The third-order valence-corrected chi connectivity index (χ3v) is 3.41. The van der Waals surface area contributed by atoms with Crippen LogP contribution in [0.3, 0.4) is 0 Å². The highest BCUT2D eigenvalue weighted by atomic mass is 19.1. The highest BCUT2D eigenvalue weighted by molar-refractivity contribution is 5.20. The van der Waals surface area contributed by atoms with Crippen LogP contribution in [0.1, 0.15) is 44.7 Å². The molecule has 0 spiro atoms.